The molecule has 0 bridgehead atoms. The minimum Gasteiger partial charge on any atom is -0.494 e. The zero-order chi connectivity index (χ0) is 24.8. The summed E-state index contributed by atoms with van der Waals surface area (Å²) in [6, 6.07) is 26.2. The summed E-state index contributed by atoms with van der Waals surface area (Å²) in [4.78, 5) is 12.7. The molecule has 0 aliphatic rings. The van der Waals surface area contributed by atoms with Crippen LogP contribution in [-0.2, 0) is 10.0 Å². The van der Waals surface area contributed by atoms with E-state index in [1.165, 1.54) is 36.4 Å². The van der Waals surface area contributed by atoms with Crippen molar-refractivity contribution in [3.05, 3.63) is 102 Å². The van der Waals surface area contributed by atoms with Gasteiger partial charge in [-0.25, -0.2) is 13.8 Å². The van der Waals surface area contributed by atoms with Crippen LogP contribution in [0.3, 0.4) is 0 Å². The summed E-state index contributed by atoms with van der Waals surface area (Å²) in [6.45, 7) is 4.19. The molecular weight excluding hydrogens is 462 g/mol. The molecule has 35 heavy (non-hydrogen) atoms. The number of sulfonamides is 1. The number of ether oxygens (including phenoxy) is 1. The van der Waals surface area contributed by atoms with Crippen LogP contribution in [0.1, 0.15) is 29.8 Å². The molecule has 178 valence electrons. The predicted octanol–water partition coefficient (Wildman–Crippen LogP) is 5.19. The van der Waals surface area contributed by atoms with Crippen molar-refractivity contribution in [3.8, 4) is 5.75 Å². The van der Waals surface area contributed by atoms with E-state index in [4.69, 9.17) is 4.74 Å². The van der Waals surface area contributed by atoms with Crippen molar-refractivity contribution >= 4 is 38.1 Å². The lowest BCUT2D eigenvalue weighted by atomic mass is 10.0. The van der Waals surface area contributed by atoms with E-state index >= 15 is 0 Å². The van der Waals surface area contributed by atoms with E-state index in [-0.39, 0.29) is 4.90 Å². The van der Waals surface area contributed by atoms with E-state index in [0.717, 1.165) is 16.3 Å². The third-order valence-corrected chi connectivity index (χ3v) is 6.75. The molecule has 2 N–H and O–H groups in total. The van der Waals surface area contributed by atoms with Crippen LogP contribution in [0.25, 0.3) is 10.8 Å². The van der Waals surface area contributed by atoms with Gasteiger partial charge in [-0.2, -0.15) is 5.10 Å². The molecule has 4 rings (SSSR count). The number of carbonyl (C=O) groups is 1. The standard InChI is InChI=1S/C27H25N3O4S/c1-3-34-23-15-17-24(18-16-23)35(32,33)30-22-13-11-21(12-14-22)27(31)29-28-19(2)25-10-6-8-20-7-4-5-9-26(20)25/h4-18,30H,3H2,1-2H3,(H,29,31). The molecule has 7 nitrogen and oxygen atoms in total. The molecule has 0 aliphatic heterocycles. The van der Waals surface area contributed by atoms with Crippen LogP contribution in [0.2, 0.25) is 0 Å². The molecule has 1 amide bonds. The maximum atomic E-state index is 12.6. The van der Waals surface area contributed by atoms with Crippen molar-refractivity contribution in [2.24, 2.45) is 5.10 Å². The Balaban J connectivity index is 1.43. The number of anilines is 1. The predicted molar refractivity (Wildman–Crippen MR) is 138 cm³/mol. The second-order valence-corrected chi connectivity index (χ2v) is 9.43. The average molecular weight is 488 g/mol. The maximum Gasteiger partial charge on any atom is 0.271 e. The van der Waals surface area contributed by atoms with Gasteiger partial charge < -0.3 is 4.74 Å². The summed E-state index contributed by atoms with van der Waals surface area (Å²) in [7, 11) is -3.78. The monoisotopic (exact) mass is 487 g/mol. The number of nitrogens with one attached hydrogen (secondary N) is 2. The highest BCUT2D eigenvalue weighted by Crippen LogP contribution is 2.21. The van der Waals surface area contributed by atoms with Gasteiger partial charge in [-0.15, -0.1) is 0 Å². The molecule has 0 radical (unpaired) electrons. The van der Waals surface area contributed by atoms with Gasteiger partial charge in [0.2, 0.25) is 0 Å². The average Bonchev–Trinajstić information content (AvgIpc) is 2.87. The summed E-state index contributed by atoms with van der Waals surface area (Å²) in [5, 5.41) is 6.40. The van der Waals surface area contributed by atoms with E-state index in [1.54, 1.807) is 12.1 Å². The van der Waals surface area contributed by atoms with Gasteiger partial charge in [-0.05, 0) is 73.2 Å². The Hall–Kier alpha value is -4.17. The van der Waals surface area contributed by atoms with Gasteiger partial charge >= 0.3 is 0 Å². The number of rotatable bonds is 8. The summed E-state index contributed by atoms with van der Waals surface area (Å²) >= 11 is 0. The van der Waals surface area contributed by atoms with Crippen molar-refractivity contribution < 1.29 is 17.9 Å². The molecule has 0 fully saturated rings. The Morgan fingerprint density at radius 1 is 0.886 bits per heavy atom. The number of hydrogen-bond donors (Lipinski definition) is 2. The number of carbonyl (C=O) groups excluding carboxylic acids is 1. The van der Waals surface area contributed by atoms with Crippen LogP contribution in [0.15, 0.2) is 101 Å². The number of amides is 1. The topological polar surface area (TPSA) is 96.9 Å². The smallest absolute Gasteiger partial charge is 0.271 e. The summed E-state index contributed by atoms with van der Waals surface area (Å²) in [6.07, 6.45) is 0. The minimum atomic E-state index is -3.78. The summed E-state index contributed by atoms with van der Waals surface area (Å²) in [5.41, 5.74) is 4.87. The third kappa shape index (κ3) is 5.67. The van der Waals surface area contributed by atoms with Crippen LogP contribution in [-0.4, -0.2) is 26.6 Å². The number of hydrazone groups is 1. The van der Waals surface area contributed by atoms with E-state index in [9.17, 15) is 13.2 Å². The number of benzene rings is 4. The first-order valence-corrected chi connectivity index (χ1v) is 12.5. The van der Waals surface area contributed by atoms with Crippen molar-refractivity contribution in [2.75, 3.05) is 11.3 Å². The lowest BCUT2D eigenvalue weighted by molar-refractivity contribution is 0.0955. The summed E-state index contributed by atoms with van der Waals surface area (Å²) < 4.78 is 33.1. The molecular formula is C27H25N3O4S. The first kappa shape index (κ1) is 24.0. The Labute approximate surface area is 204 Å². The molecule has 0 unspecified atom stereocenters. The minimum absolute atomic E-state index is 0.112. The first-order valence-electron chi connectivity index (χ1n) is 11.1. The first-order chi connectivity index (χ1) is 16.9. The van der Waals surface area contributed by atoms with E-state index in [2.05, 4.69) is 15.2 Å². The SMILES string of the molecule is CCOc1ccc(S(=O)(=O)Nc2ccc(C(=O)NN=C(C)c3cccc4ccccc34)cc2)cc1. The largest absolute Gasteiger partial charge is 0.494 e. The molecule has 0 aromatic heterocycles. The lowest BCUT2D eigenvalue weighted by Gasteiger charge is -2.10. The highest BCUT2D eigenvalue weighted by Gasteiger charge is 2.15. The summed E-state index contributed by atoms with van der Waals surface area (Å²) in [5.74, 6) is 0.200. The Morgan fingerprint density at radius 2 is 1.57 bits per heavy atom. The van der Waals surface area contributed by atoms with E-state index in [0.29, 0.717) is 29.3 Å². The van der Waals surface area contributed by atoms with Crippen molar-refractivity contribution in [1.82, 2.24) is 5.43 Å². The zero-order valence-electron chi connectivity index (χ0n) is 19.4. The van der Waals surface area contributed by atoms with Crippen molar-refractivity contribution in [2.45, 2.75) is 18.7 Å². The molecule has 8 heteroatoms. The molecule has 0 atom stereocenters. The molecule has 0 spiro atoms. The lowest BCUT2D eigenvalue weighted by Crippen LogP contribution is -2.19. The Morgan fingerprint density at radius 3 is 2.29 bits per heavy atom. The fraction of sp³-hybridized carbons (Fsp3) is 0.111. The number of hydrogen-bond acceptors (Lipinski definition) is 5. The highest BCUT2D eigenvalue weighted by atomic mass is 32.2. The molecule has 0 heterocycles. The van der Waals surface area contributed by atoms with Gasteiger partial charge in [0, 0.05) is 16.8 Å². The molecule has 0 aliphatic carbocycles. The van der Waals surface area contributed by atoms with Gasteiger partial charge in [0.25, 0.3) is 15.9 Å². The Kier molecular flexibility index (Phi) is 7.12. The third-order valence-electron chi connectivity index (χ3n) is 5.35. The molecule has 4 aromatic carbocycles. The van der Waals surface area contributed by atoms with E-state index in [1.807, 2.05) is 56.3 Å². The number of nitrogens with zero attached hydrogens (tertiary/aromatic N) is 1. The van der Waals surface area contributed by atoms with Crippen LogP contribution in [0.5, 0.6) is 5.75 Å². The highest BCUT2D eigenvalue weighted by molar-refractivity contribution is 7.92. The second kappa shape index (κ2) is 10.4. The molecule has 0 saturated carbocycles. The maximum absolute atomic E-state index is 12.6. The molecule has 0 saturated heterocycles. The van der Waals surface area contributed by atoms with Gasteiger partial charge in [0.15, 0.2) is 0 Å². The van der Waals surface area contributed by atoms with Crippen LogP contribution in [0.4, 0.5) is 5.69 Å². The van der Waals surface area contributed by atoms with Gasteiger partial charge in [0.1, 0.15) is 5.75 Å². The van der Waals surface area contributed by atoms with Crippen molar-refractivity contribution in [1.29, 1.82) is 0 Å². The van der Waals surface area contributed by atoms with Gasteiger partial charge in [0.05, 0.1) is 17.2 Å². The zero-order valence-corrected chi connectivity index (χ0v) is 20.2. The fourth-order valence-corrected chi connectivity index (χ4v) is 4.64. The second-order valence-electron chi connectivity index (χ2n) is 7.75. The van der Waals surface area contributed by atoms with Gasteiger partial charge in [-0.3, -0.25) is 9.52 Å². The Bertz CT molecular complexity index is 1470. The van der Waals surface area contributed by atoms with Gasteiger partial charge in [-0.1, -0.05) is 42.5 Å². The van der Waals surface area contributed by atoms with Crippen LogP contribution in [0, 0.1) is 0 Å². The molecule has 4 aromatic rings. The van der Waals surface area contributed by atoms with Crippen LogP contribution >= 0.6 is 0 Å². The van der Waals surface area contributed by atoms with Crippen molar-refractivity contribution in [3.63, 3.8) is 0 Å². The normalized spacial score (nSPS) is 11.8. The fourth-order valence-electron chi connectivity index (χ4n) is 3.59. The number of fused-ring (bicyclic) bond motifs is 1. The quantitative estimate of drug-likeness (QED) is 0.264. The van der Waals surface area contributed by atoms with E-state index < -0.39 is 15.9 Å². The van der Waals surface area contributed by atoms with Crippen LogP contribution < -0.4 is 14.9 Å².